The highest BCUT2D eigenvalue weighted by atomic mass is 16.6. The van der Waals surface area contributed by atoms with Crippen molar-refractivity contribution in [1.82, 2.24) is 20.2 Å². The molecule has 1 fully saturated rings. The van der Waals surface area contributed by atoms with E-state index in [4.69, 9.17) is 9.57 Å². The molecule has 0 aromatic carbocycles. The van der Waals surface area contributed by atoms with E-state index in [2.05, 4.69) is 27.4 Å². The number of piperidine rings is 1. The summed E-state index contributed by atoms with van der Waals surface area (Å²) in [6.07, 6.45) is 6.55. The van der Waals surface area contributed by atoms with E-state index in [0.717, 1.165) is 31.4 Å². The van der Waals surface area contributed by atoms with Crippen LogP contribution >= 0.6 is 0 Å². The number of aromatic nitrogens is 2. The van der Waals surface area contributed by atoms with Crippen LogP contribution < -0.4 is 10.1 Å². The molecule has 130 valence electrons. The average molecular weight is 333 g/mol. The molecule has 8 nitrogen and oxygen atoms in total. The molecule has 2 aliphatic heterocycles. The third-order valence-electron chi connectivity index (χ3n) is 4.23. The molecule has 0 aliphatic carbocycles. The molecule has 1 saturated heterocycles. The lowest BCUT2D eigenvalue weighted by Crippen LogP contribution is -2.48. The van der Waals surface area contributed by atoms with Gasteiger partial charge in [0.2, 0.25) is 0 Å². The first kappa shape index (κ1) is 16.5. The number of likely N-dealkylation sites (tertiary alicyclic amines) is 1. The molecule has 0 saturated carbocycles. The summed E-state index contributed by atoms with van der Waals surface area (Å²) in [5, 5.41) is 6.93. The lowest BCUT2D eigenvalue weighted by atomic mass is 10.1. The number of ether oxygens (including phenoxy) is 1. The molecule has 1 atom stereocenters. The van der Waals surface area contributed by atoms with Crippen molar-refractivity contribution in [3.05, 3.63) is 18.5 Å². The number of rotatable bonds is 5. The highest BCUT2D eigenvalue weighted by Gasteiger charge is 2.26. The Morgan fingerprint density at radius 2 is 2.12 bits per heavy atom. The summed E-state index contributed by atoms with van der Waals surface area (Å²) < 4.78 is 5.73. The largest absolute Gasteiger partial charge is 0.460 e. The van der Waals surface area contributed by atoms with E-state index in [0.29, 0.717) is 25.6 Å². The molecule has 3 heterocycles. The topological polar surface area (TPSA) is 88.9 Å². The van der Waals surface area contributed by atoms with Crippen LogP contribution in [-0.4, -0.2) is 58.5 Å². The standard InChI is InChI=1S/C16H23N5O3/c1-2-12-10-14(24-20-12)11-19-16(22)21-8-4-13(5-9-21)23-15-17-6-3-7-18-15/h3,6-7,13-14H,2,4-5,8-11H2,1H3,(H,19,22)/t14-/m1/s1. The second kappa shape index (κ2) is 7.94. The van der Waals surface area contributed by atoms with Crippen LogP contribution in [0, 0.1) is 0 Å². The molecule has 0 spiro atoms. The summed E-state index contributed by atoms with van der Waals surface area (Å²) in [4.78, 5) is 27.5. The van der Waals surface area contributed by atoms with E-state index >= 15 is 0 Å². The Morgan fingerprint density at radius 3 is 2.79 bits per heavy atom. The zero-order valence-electron chi connectivity index (χ0n) is 13.9. The lowest BCUT2D eigenvalue weighted by molar-refractivity contribution is 0.0801. The molecule has 3 rings (SSSR count). The van der Waals surface area contributed by atoms with Crippen molar-refractivity contribution in [3.63, 3.8) is 0 Å². The summed E-state index contributed by atoms with van der Waals surface area (Å²) in [6.45, 7) is 3.85. The Labute approximate surface area is 141 Å². The van der Waals surface area contributed by atoms with Gasteiger partial charge in [-0.2, -0.15) is 0 Å². The van der Waals surface area contributed by atoms with Crippen LogP contribution in [0.5, 0.6) is 6.01 Å². The predicted molar refractivity (Wildman–Crippen MR) is 87.9 cm³/mol. The Bertz CT molecular complexity index is 572. The van der Waals surface area contributed by atoms with Crippen LogP contribution in [0.3, 0.4) is 0 Å². The maximum absolute atomic E-state index is 12.2. The fourth-order valence-electron chi connectivity index (χ4n) is 2.79. The first-order chi connectivity index (χ1) is 11.7. The van der Waals surface area contributed by atoms with Crippen molar-refractivity contribution in [1.29, 1.82) is 0 Å². The summed E-state index contributed by atoms with van der Waals surface area (Å²) in [5.41, 5.74) is 1.05. The Balaban J connectivity index is 1.36. The third kappa shape index (κ3) is 4.33. The van der Waals surface area contributed by atoms with Gasteiger partial charge in [-0.05, 0) is 12.5 Å². The van der Waals surface area contributed by atoms with Gasteiger partial charge >= 0.3 is 12.0 Å². The number of carbonyl (C=O) groups is 1. The molecule has 1 aromatic heterocycles. The number of oxime groups is 1. The molecule has 1 aromatic rings. The third-order valence-corrected chi connectivity index (χ3v) is 4.23. The maximum Gasteiger partial charge on any atom is 0.317 e. The molecule has 24 heavy (non-hydrogen) atoms. The van der Waals surface area contributed by atoms with Gasteiger partial charge in [0.15, 0.2) is 0 Å². The number of urea groups is 1. The molecule has 0 radical (unpaired) electrons. The molecule has 0 bridgehead atoms. The average Bonchev–Trinajstić information content (AvgIpc) is 3.09. The van der Waals surface area contributed by atoms with Crippen molar-refractivity contribution < 1.29 is 14.4 Å². The Morgan fingerprint density at radius 1 is 1.38 bits per heavy atom. The van der Waals surface area contributed by atoms with Gasteiger partial charge in [0.25, 0.3) is 0 Å². The van der Waals surface area contributed by atoms with Gasteiger partial charge in [-0.25, -0.2) is 14.8 Å². The molecular weight excluding hydrogens is 310 g/mol. The van der Waals surface area contributed by atoms with Crippen molar-refractivity contribution in [2.45, 2.75) is 44.8 Å². The van der Waals surface area contributed by atoms with Gasteiger partial charge in [0.05, 0.1) is 12.3 Å². The summed E-state index contributed by atoms with van der Waals surface area (Å²) >= 11 is 0. The highest BCUT2D eigenvalue weighted by molar-refractivity contribution is 5.85. The molecule has 2 aliphatic rings. The van der Waals surface area contributed by atoms with Crippen LogP contribution in [0.4, 0.5) is 4.79 Å². The first-order valence-corrected chi connectivity index (χ1v) is 8.42. The Kier molecular flexibility index (Phi) is 5.45. The monoisotopic (exact) mass is 333 g/mol. The lowest BCUT2D eigenvalue weighted by Gasteiger charge is -2.31. The van der Waals surface area contributed by atoms with Gasteiger partial charge in [-0.15, -0.1) is 0 Å². The number of nitrogens with one attached hydrogen (secondary N) is 1. The van der Waals surface area contributed by atoms with Gasteiger partial charge < -0.3 is 19.8 Å². The minimum Gasteiger partial charge on any atom is -0.460 e. The van der Waals surface area contributed by atoms with Crippen LogP contribution in [0.25, 0.3) is 0 Å². The first-order valence-electron chi connectivity index (χ1n) is 8.42. The smallest absolute Gasteiger partial charge is 0.317 e. The molecular formula is C16H23N5O3. The molecule has 0 unspecified atom stereocenters. The number of hydrogen-bond acceptors (Lipinski definition) is 6. The quantitative estimate of drug-likeness (QED) is 0.884. The minimum absolute atomic E-state index is 0.0417. The number of amides is 2. The maximum atomic E-state index is 12.2. The number of carbonyl (C=O) groups excluding carboxylic acids is 1. The highest BCUT2D eigenvalue weighted by Crippen LogP contribution is 2.16. The fraction of sp³-hybridized carbons (Fsp3) is 0.625. The van der Waals surface area contributed by atoms with Crippen LogP contribution in [-0.2, 0) is 4.84 Å². The SMILES string of the molecule is CCC1=NO[C@@H](CNC(=O)N2CCC(Oc3ncccn3)CC2)C1. The second-order valence-corrected chi connectivity index (χ2v) is 5.96. The number of nitrogens with zero attached hydrogens (tertiary/aromatic N) is 4. The fourth-order valence-corrected chi connectivity index (χ4v) is 2.79. The van der Waals surface area contributed by atoms with E-state index in [-0.39, 0.29) is 18.2 Å². The van der Waals surface area contributed by atoms with E-state index in [9.17, 15) is 4.79 Å². The van der Waals surface area contributed by atoms with Crippen LogP contribution in [0.2, 0.25) is 0 Å². The molecule has 1 N–H and O–H groups in total. The van der Waals surface area contributed by atoms with E-state index in [1.54, 1.807) is 18.5 Å². The van der Waals surface area contributed by atoms with Gasteiger partial charge in [0, 0.05) is 44.7 Å². The summed E-state index contributed by atoms with van der Waals surface area (Å²) in [6, 6.07) is 2.09. The summed E-state index contributed by atoms with van der Waals surface area (Å²) in [5.74, 6) is 0. The predicted octanol–water partition coefficient (Wildman–Crippen LogP) is 1.58. The van der Waals surface area contributed by atoms with Gasteiger partial charge in [-0.1, -0.05) is 12.1 Å². The van der Waals surface area contributed by atoms with E-state index in [1.165, 1.54) is 0 Å². The van der Waals surface area contributed by atoms with Crippen LogP contribution in [0.15, 0.2) is 23.6 Å². The van der Waals surface area contributed by atoms with E-state index in [1.807, 2.05) is 4.90 Å². The van der Waals surface area contributed by atoms with Crippen molar-refractivity contribution in [2.75, 3.05) is 19.6 Å². The Hall–Kier alpha value is -2.38. The van der Waals surface area contributed by atoms with Gasteiger partial charge in [-0.3, -0.25) is 0 Å². The molecule has 8 heteroatoms. The zero-order chi connectivity index (χ0) is 16.8. The van der Waals surface area contributed by atoms with Gasteiger partial charge in [0.1, 0.15) is 12.2 Å². The van der Waals surface area contributed by atoms with Crippen molar-refractivity contribution in [2.24, 2.45) is 5.16 Å². The van der Waals surface area contributed by atoms with E-state index < -0.39 is 0 Å². The van der Waals surface area contributed by atoms with Crippen molar-refractivity contribution >= 4 is 11.7 Å². The zero-order valence-corrected chi connectivity index (χ0v) is 13.9. The molecule has 2 amide bonds. The second-order valence-electron chi connectivity index (χ2n) is 5.96. The normalized spacial score (nSPS) is 21.1. The summed E-state index contributed by atoms with van der Waals surface area (Å²) in [7, 11) is 0. The van der Waals surface area contributed by atoms with Crippen LogP contribution in [0.1, 0.15) is 32.6 Å². The number of hydrogen-bond donors (Lipinski definition) is 1. The van der Waals surface area contributed by atoms with Crippen molar-refractivity contribution in [3.8, 4) is 6.01 Å². The minimum atomic E-state index is -0.0574.